The predicted octanol–water partition coefficient (Wildman–Crippen LogP) is 6.03. The van der Waals surface area contributed by atoms with Crippen LogP contribution in [-0.4, -0.2) is 34.0 Å². The third-order valence-corrected chi connectivity index (χ3v) is 6.18. The number of rotatable bonds is 6. The van der Waals surface area contributed by atoms with Crippen LogP contribution in [0.4, 0.5) is 5.69 Å². The maximum atomic E-state index is 4.89. The zero-order chi connectivity index (χ0) is 21.9. The van der Waals surface area contributed by atoms with Gasteiger partial charge in [0, 0.05) is 19.8 Å². The van der Waals surface area contributed by atoms with E-state index < -0.39 is 0 Å². The highest BCUT2D eigenvalue weighted by Gasteiger charge is 2.10. The molecular formula is C26H23N5S. The Balaban J connectivity index is 1.44. The number of fused-ring (bicyclic) bond motifs is 2. The standard InChI is InChI=1S/C26H23N5S/c1-31(2)19-14-11-18(12-15-19)13-16-24-26(30-23-10-6-3-7-20(23)27-24)32-17-25-28-21-8-4-5-9-22(21)29-25/h3-16H,17H2,1-2H3,(H,28,29)/b16-13+. The summed E-state index contributed by atoms with van der Waals surface area (Å²) in [6.45, 7) is 0. The number of aromatic nitrogens is 4. The van der Waals surface area contributed by atoms with Gasteiger partial charge in [0.25, 0.3) is 0 Å². The van der Waals surface area contributed by atoms with Crippen LogP contribution in [0.1, 0.15) is 17.1 Å². The Morgan fingerprint density at radius 2 is 1.47 bits per heavy atom. The second kappa shape index (κ2) is 8.85. The number of aromatic amines is 1. The van der Waals surface area contributed by atoms with Crippen molar-refractivity contribution >= 4 is 51.7 Å². The van der Waals surface area contributed by atoms with Crippen molar-refractivity contribution in [3.8, 4) is 0 Å². The summed E-state index contributed by atoms with van der Waals surface area (Å²) in [5.41, 5.74) is 6.98. The Morgan fingerprint density at radius 3 is 2.19 bits per heavy atom. The van der Waals surface area contributed by atoms with Crippen molar-refractivity contribution in [2.24, 2.45) is 0 Å². The number of H-pyrrole nitrogens is 1. The molecule has 1 N–H and O–H groups in total. The second-order valence-corrected chi connectivity index (χ2v) is 8.68. The first-order valence-corrected chi connectivity index (χ1v) is 11.4. The van der Waals surface area contributed by atoms with Gasteiger partial charge >= 0.3 is 0 Å². The summed E-state index contributed by atoms with van der Waals surface area (Å²) >= 11 is 1.65. The van der Waals surface area contributed by atoms with Crippen LogP contribution in [0, 0.1) is 0 Å². The van der Waals surface area contributed by atoms with Crippen molar-refractivity contribution in [1.82, 2.24) is 19.9 Å². The van der Waals surface area contributed by atoms with Crippen LogP contribution in [0.15, 0.2) is 77.8 Å². The maximum absolute atomic E-state index is 4.89. The number of benzene rings is 3. The van der Waals surface area contributed by atoms with Gasteiger partial charge in [0.2, 0.25) is 0 Å². The number of hydrogen-bond acceptors (Lipinski definition) is 5. The largest absolute Gasteiger partial charge is 0.378 e. The number of nitrogens with zero attached hydrogens (tertiary/aromatic N) is 4. The zero-order valence-corrected chi connectivity index (χ0v) is 18.8. The molecule has 6 heteroatoms. The van der Waals surface area contributed by atoms with E-state index >= 15 is 0 Å². The van der Waals surface area contributed by atoms with Crippen LogP contribution in [0.2, 0.25) is 0 Å². The molecule has 0 unspecified atom stereocenters. The predicted molar refractivity (Wildman–Crippen MR) is 135 cm³/mol. The molecule has 5 aromatic rings. The number of thioether (sulfide) groups is 1. The minimum Gasteiger partial charge on any atom is -0.378 e. The Hall–Kier alpha value is -3.64. The van der Waals surface area contributed by atoms with Gasteiger partial charge in [-0.3, -0.25) is 0 Å². The first-order chi connectivity index (χ1) is 15.7. The van der Waals surface area contributed by atoms with Gasteiger partial charge in [-0.05, 0) is 48.0 Å². The molecule has 0 aliphatic heterocycles. The van der Waals surface area contributed by atoms with Crippen LogP contribution in [0.25, 0.3) is 34.2 Å². The van der Waals surface area contributed by atoms with Crippen molar-refractivity contribution in [3.63, 3.8) is 0 Å². The normalized spacial score (nSPS) is 11.6. The highest BCUT2D eigenvalue weighted by molar-refractivity contribution is 7.98. The number of para-hydroxylation sites is 4. The fourth-order valence-electron chi connectivity index (χ4n) is 3.48. The van der Waals surface area contributed by atoms with E-state index in [-0.39, 0.29) is 0 Å². The third-order valence-electron chi connectivity index (χ3n) is 5.19. The molecule has 3 aromatic carbocycles. The third kappa shape index (κ3) is 4.36. The van der Waals surface area contributed by atoms with Crippen molar-refractivity contribution in [1.29, 1.82) is 0 Å². The summed E-state index contributed by atoms with van der Waals surface area (Å²) in [5.74, 6) is 1.63. The average Bonchev–Trinajstić information content (AvgIpc) is 3.24. The molecule has 32 heavy (non-hydrogen) atoms. The number of anilines is 1. The van der Waals surface area contributed by atoms with Gasteiger partial charge in [0.1, 0.15) is 10.9 Å². The maximum Gasteiger partial charge on any atom is 0.123 e. The van der Waals surface area contributed by atoms with E-state index in [2.05, 4.69) is 45.2 Å². The molecule has 5 rings (SSSR count). The van der Waals surface area contributed by atoms with E-state index in [0.29, 0.717) is 5.75 Å². The smallest absolute Gasteiger partial charge is 0.123 e. The molecule has 0 radical (unpaired) electrons. The van der Waals surface area contributed by atoms with E-state index in [1.54, 1.807) is 11.8 Å². The molecule has 0 saturated carbocycles. The lowest BCUT2D eigenvalue weighted by Crippen LogP contribution is -2.07. The quantitative estimate of drug-likeness (QED) is 0.329. The molecule has 2 aromatic heterocycles. The Labute approximate surface area is 191 Å². The molecular weight excluding hydrogens is 414 g/mol. The zero-order valence-electron chi connectivity index (χ0n) is 18.0. The van der Waals surface area contributed by atoms with Crippen molar-refractivity contribution in [2.45, 2.75) is 10.8 Å². The first kappa shape index (κ1) is 20.3. The topological polar surface area (TPSA) is 57.7 Å². The summed E-state index contributed by atoms with van der Waals surface area (Å²) in [4.78, 5) is 20.0. The van der Waals surface area contributed by atoms with Crippen LogP contribution in [0.5, 0.6) is 0 Å². The van der Waals surface area contributed by atoms with E-state index in [4.69, 9.17) is 9.97 Å². The minimum atomic E-state index is 0.695. The first-order valence-electron chi connectivity index (χ1n) is 10.4. The number of imidazole rings is 1. The van der Waals surface area contributed by atoms with Gasteiger partial charge in [0.05, 0.1) is 33.5 Å². The highest BCUT2D eigenvalue weighted by atomic mass is 32.2. The fraction of sp³-hybridized carbons (Fsp3) is 0.115. The molecule has 0 fully saturated rings. The lowest BCUT2D eigenvalue weighted by molar-refractivity contribution is 1.08. The van der Waals surface area contributed by atoms with Crippen molar-refractivity contribution < 1.29 is 0 Å². The Kier molecular flexibility index (Phi) is 5.60. The lowest BCUT2D eigenvalue weighted by atomic mass is 10.2. The van der Waals surface area contributed by atoms with Gasteiger partial charge in [-0.2, -0.15) is 0 Å². The molecule has 158 valence electrons. The molecule has 0 spiro atoms. The van der Waals surface area contributed by atoms with Gasteiger partial charge in [-0.25, -0.2) is 15.0 Å². The molecule has 0 bridgehead atoms. The summed E-state index contributed by atoms with van der Waals surface area (Å²) in [7, 11) is 4.09. The van der Waals surface area contributed by atoms with Gasteiger partial charge in [-0.1, -0.05) is 54.2 Å². The summed E-state index contributed by atoms with van der Waals surface area (Å²) in [6, 6.07) is 24.5. The van der Waals surface area contributed by atoms with E-state index in [9.17, 15) is 0 Å². The SMILES string of the molecule is CN(C)c1ccc(/C=C/c2nc3ccccc3nc2SCc2nc3ccccc3[nH]2)cc1. The average molecular weight is 438 g/mol. The van der Waals surface area contributed by atoms with Gasteiger partial charge in [0.15, 0.2) is 0 Å². The second-order valence-electron chi connectivity index (χ2n) is 7.71. The molecule has 0 atom stereocenters. The molecule has 0 saturated heterocycles. The highest BCUT2D eigenvalue weighted by Crippen LogP contribution is 2.27. The fourth-order valence-corrected chi connectivity index (χ4v) is 4.32. The summed E-state index contributed by atoms with van der Waals surface area (Å²) in [6.07, 6.45) is 4.13. The van der Waals surface area contributed by atoms with Gasteiger partial charge in [-0.15, -0.1) is 0 Å². The lowest BCUT2D eigenvalue weighted by Gasteiger charge is -2.11. The molecule has 0 aliphatic carbocycles. The Morgan fingerprint density at radius 1 is 0.781 bits per heavy atom. The molecule has 5 nitrogen and oxygen atoms in total. The molecule has 2 heterocycles. The van der Waals surface area contributed by atoms with Gasteiger partial charge < -0.3 is 9.88 Å². The monoisotopic (exact) mass is 437 g/mol. The van der Waals surface area contributed by atoms with Crippen molar-refractivity contribution in [2.75, 3.05) is 19.0 Å². The molecule has 0 aliphatic rings. The van der Waals surface area contributed by atoms with Crippen LogP contribution >= 0.6 is 11.8 Å². The minimum absolute atomic E-state index is 0.695. The number of hydrogen-bond donors (Lipinski definition) is 1. The van der Waals surface area contributed by atoms with Crippen LogP contribution in [0.3, 0.4) is 0 Å². The van der Waals surface area contributed by atoms with E-state index in [1.165, 1.54) is 5.69 Å². The van der Waals surface area contributed by atoms with Crippen molar-refractivity contribution in [3.05, 3.63) is 89.9 Å². The summed E-state index contributed by atoms with van der Waals surface area (Å²) in [5, 5.41) is 0.894. The van der Waals surface area contributed by atoms with E-state index in [1.807, 2.05) is 68.7 Å². The molecule has 0 amide bonds. The van der Waals surface area contributed by atoms with E-state index in [0.717, 1.165) is 44.2 Å². The number of nitrogens with one attached hydrogen (secondary N) is 1. The van der Waals surface area contributed by atoms with Crippen LogP contribution in [-0.2, 0) is 5.75 Å². The summed E-state index contributed by atoms with van der Waals surface area (Å²) < 4.78 is 0. The Bertz CT molecular complexity index is 1370. The van der Waals surface area contributed by atoms with Crippen LogP contribution < -0.4 is 4.90 Å².